The molecule has 14 heteroatoms. The number of amides is 1. The van der Waals surface area contributed by atoms with Crippen LogP contribution in [0.4, 0.5) is 18.9 Å². The van der Waals surface area contributed by atoms with E-state index in [-0.39, 0.29) is 11.3 Å². The lowest BCUT2D eigenvalue weighted by molar-refractivity contribution is -0.211. The Bertz CT molecular complexity index is 1400. The van der Waals surface area contributed by atoms with Crippen LogP contribution in [0, 0.1) is 24.4 Å². The van der Waals surface area contributed by atoms with Crippen LogP contribution in [0.3, 0.4) is 0 Å². The van der Waals surface area contributed by atoms with Gasteiger partial charge in [-0.2, -0.15) is 0 Å². The molecule has 220 valence electrons. The molecule has 2 heterocycles. The predicted octanol–water partition coefficient (Wildman–Crippen LogP) is 2.67. The molecule has 1 aromatic heterocycles. The van der Waals surface area contributed by atoms with Crippen molar-refractivity contribution in [2.45, 2.75) is 62.4 Å². The van der Waals surface area contributed by atoms with E-state index < -0.39 is 72.6 Å². The van der Waals surface area contributed by atoms with Crippen molar-refractivity contribution in [3.05, 3.63) is 64.0 Å². The molecule has 3 aromatic rings. The lowest BCUT2D eigenvalue weighted by atomic mass is 9.85. The van der Waals surface area contributed by atoms with E-state index in [0.717, 1.165) is 26.9 Å². The van der Waals surface area contributed by atoms with Crippen molar-refractivity contribution in [3.8, 4) is 11.3 Å². The number of nitrogens with zero attached hydrogens (tertiary/aromatic N) is 4. The molecule has 0 radical (unpaired) electrons. The van der Waals surface area contributed by atoms with Crippen LogP contribution in [0.5, 0.6) is 0 Å². The van der Waals surface area contributed by atoms with Gasteiger partial charge in [0.1, 0.15) is 30.0 Å². The highest BCUT2D eigenvalue weighted by molar-refractivity contribution is 9.10. The smallest absolute Gasteiger partial charge is 0.259 e. The summed E-state index contributed by atoms with van der Waals surface area (Å²) in [4.78, 5) is 15.7. The van der Waals surface area contributed by atoms with Crippen LogP contribution in [0.25, 0.3) is 11.3 Å². The Balaban J connectivity index is 1.53. The highest BCUT2D eigenvalue weighted by Crippen LogP contribution is 2.38. The SMILES string of the molecule is COC1C(C(=O)N(c2cc(C)cc(Br)c2)[C@@H]2CC[C@H]2O)OC(CO)C(O)C1n1cc(-c2cc(F)c(F)c(F)c2)nn1. The molecule has 1 saturated heterocycles. The number of ether oxygens (including phenoxy) is 2. The van der Waals surface area contributed by atoms with Gasteiger partial charge in [-0.25, -0.2) is 17.9 Å². The molecule has 7 atom stereocenters. The number of hydrogen-bond donors (Lipinski definition) is 3. The topological polar surface area (TPSA) is 130 Å². The summed E-state index contributed by atoms with van der Waals surface area (Å²) in [5.41, 5.74) is 1.23. The highest BCUT2D eigenvalue weighted by atomic mass is 79.9. The van der Waals surface area contributed by atoms with E-state index in [2.05, 4.69) is 26.2 Å². The van der Waals surface area contributed by atoms with Crippen molar-refractivity contribution in [1.29, 1.82) is 0 Å². The summed E-state index contributed by atoms with van der Waals surface area (Å²) in [7, 11) is 1.31. The first-order valence-electron chi connectivity index (χ1n) is 12.9. The number of aromatic nitrogens is 3. The number of methoxy groups -OCH3 is 1. The third kappa shape index (κ3) is 5.51. The molecule has 0 bridgehead atoms. The van der Waals surface area contributed by atoms with Crippen molar-refractivity contribution in [1.82, 2.24) is 15.0 Å². The summed E-state index contributed by atoms with van der Waals surface area (Å²) in [5.74, 6) is -5.03. The molecule has 5 unspecified atom stereocenters. The van der Waals surface area contributed by atoms with Gasteiger partial charge in [0.15, 0.2) is 23.6 Å². The van der Waals surface area contributed by atoms with E-state index in [0.29, 0.717) is 18.5 Å². The van der Waals surface area contributed by atoms with Crippen LogP contribution >= 0.6 is 15.9 Å². The molecular formula is C27H28BrF3N4O6. The van der Waals surface area contributed by atoms with Gasteiger partial charge < -0.3 is 29.7 Å². The maximum atomic E-state index is 14.2. The van der Waals surface area contributed by atoms with Gasteiger partial charge in [0.05, 0.1) is 24.9 Å². The number of rotatable bonds is 7. The second kappa shape index (κ2) is 11.8. The van der Waals surface area contributed by atoms with Crippen molar-refractivity contribution in [3.63, 3.8) is 0 Å². The van der Waals surface area contributed by atoms with Crippen LogP contribution in [-0.2, 0) is 14.3 Å². The molecule has 2 aromatic carbocycles. The first-order valence-corrected chi connectivity index (χ1v) is 13.7. The average molecular weight is 641 g/mol. The predicted molar refractivity (Wildman–Crippen MR) is 142 cm³/mol. The zero-order valence-corrected chi connectivity index (χ0v) is 23.6. The fraction of sp³-hybridized carbons (Fsp3) is 0.444. The van der Waals surface area contributed by atoms with Gasteiger partial charge in [-0.1, -0.05) is 21.1 Å². The third-order valence-electron chi connectivity index (χ3n) is 7.55. The standard InChI is InChI=1S/C27H28BrF3N4O6/c1-12-5-14(28)9-15(6-12)35(19-3-4-20(19)37)27(39)26-25(40-2)23(24(38)21(11-36)41-26)34-10-18(32-33-34)13-7-16(29)22(31)17(30)8-13/h5-10,19-21,23-26,36-38H,3-4,11H2,1-2H3/t19-,20-,21?,23?,24?,25?,26?/m1/s1. The summed E-state index contributed by atoms with van der Waals surface area (Å²) in [6, 6.07) is 5.22. The van der Waals surface area contributed by atoms with E-state index >= 15 is 0 Å². The van der Waals surface area contributed by atoms with Crippen LogP contribution in [0.2, 0.25) is 0 Å². The minimum absolute atomic E-state index is 0.0383. The number of anilines is 1. The van der Waals surface area contributed by atoms with Gasteiger partial charge in [0.2, 0.25) is 0 Å². The molecule has 1 aliphatic carbocycles. The van der Waals surface area contributed by atoms with Crippen molar-refractivity contribution < 1.29 is 42.8 Å². The minimum Gasteiger partial charge on any atom is -0.394 e. The number of aliphatic hydroxyl groups is 3. The normalized spacial score (nSPS) is 27.9. The number of carbonyl (C=O) groups excluding carboxylic acids is 1. The Labute approximate surface area is 241 Å². The van der Waals surface area contributed by atoms with Gasteiger partial charge >= 0.3 is 0 Å². The first kappa shape index (κ1) is 29.6. The Morgan fingerprint density at radius 3 is 2.44 bits per heavy atom. The lowest BCUT2D eigenvalue weighted by Crippen LogP contribution is -2.64. The van der Waals surface area contributed by atoms with E-state index in [9.17, 15) is 33.3 Å². The molecule has 10 nitrogen and oxygen atoms in total. The summed E-state index contributed by atoms with van der Waals surface area (Å²) in [6.45, 7) is 1.20. The summed E-state index contributed by atoms with van der Waals surface area (Å²) < 4.78 is 54.7. The Morgan fingerprint density at radius 1 is 1.17 bits per heavy atom. The highest BCUT2D eigenvalue weighted by Gasteiger charge is 2.52. The maximum absolute atomic E-state index is 14.2. The average Bonchev–Trinajstić information content (AvgIpc) is 3.42. The Morgan fingerprint density at radius 2 is 1.88 bits per heavy atom. The quantitative estimate of drug-likeness (QED) is 0.336. The fourth-order valence-corrected chi connectivity index (χ4v) is 5.95. The maximum Gasteiger partial charge on any atom is 0.259 e. The van der Waals surface area contributed by atoms with Crippen LogP contribution in [-0.4, -0.2) is 86.5 Å². The summed E-state index contributed by atoms with van der Waals surface area (Å²) in [6.07, 6.45) is -3.70. The monoisotopic (exact) mass is 640 g/mol. The number of halogens is 4. The molecule has 41 heavy (non-hydrogen) atoms. The van der Waals surface area contributed by atoms with Gasteiger partial charge in [-0.05, 0) is 55.7 Å². The van der Waals surface area contributed by atoms with Crippen molar-refractivity contribution in [2.75, 3.05) is 18.6 Å². The van der Waals surface area contributed by atoms with E-state index in [1.54, 1.807) is 12.1 Å². The molecule has 2 fully saturated rings. The summed E-state index contributed by atoms with van der Waals surface area (Å²) >= 11 is 3.45. The van der Waals surface area contributed by atoms with E-state index in [1.165, 1.54) is 18.2 Å². The van der Waals surface area contributed by atoms with Crippen LogP contribution < -0.4 is 4.90 Å². The molecule has 2 aliphatic rings. The van der Waals surface area contributed by atoms with Crippen LogP contribution in [0.1, 0.15) is 24.4 Å². The number of hydrogen-bond acceptors (Lipinski definition) is 8. The van der Waals surface area contributed by atoms with Gasteiger partial charge in [0, 0.05) is 22.8 Å². The van der Waals surface area contributed by atoms with Gasteiger partial charge in [0.25, 0.3) is 5.91 Å². The fourth-order valence-electron chi connectivity index (χ4n) is 5.36. The number of carbonyl (C=O) groups is 1. The van der Waals surface area contributed by atoms with Gasteiger partial charge in [-0.3, -0.25) is 4.79 Å². The molecule has 1 amide bonds. The van der Waals surface area contributed by atoms with E-state index in [1.807, 2.05) is 13.0 Å². The zero-order valence-electron chi connectivity index (χ0n) is 22.0. The first-order chi connectivity index (χ1) is 19.5. The zero-order chi connectivity index (χ0) is 29.6. The Kier molecular flexibility index (Phi) is 8.51. The van der Waals surface area contributed by atoms with Crippen molar-refractivity contribution in [2.24, 2.45) is 0 Å². The van der Waals surface area contributed by atoms with E-state index in [4.69, 9.17) is 9.47 Å². The second-order valence-electron chi connectivity index (χ2n) is 10.2. The van der Waals surface area contributed by atoms with Crippen molar-refractivity contribution >= 4 is 27.5 Å². The molecule has 1 aliphatic heterocycles. The third-order valence-corrected chi connectivity index (χ3v) is 8.01. The number of benzene rings is 2. The van der Waals surface area contributed by atoms with Gasteiger partial charge in [-0.15, -0.1) is 5.10 Å². The molecule has 5 rings (SSSR count). The molecular weight excluding hydrogens is 613 g/mol. The molecule has 0 spiro atoms. The largest absolute Gasteiger partial charge is 0.394 e. The molecule has 3 N–H and O–H groups in total. The minimum atomic E-state index is -1.63. The number of aryl methyl sites for hydroxylation is 1. The number of aliphatic hydroxyl groups excluding tert-OH is 3. The van der Waals surface area contributed by atoms with Crippen LogP contribution in [0.15, 0.2) is 41.0 Å². The second-order valence-corrected chi connectivity index (χ2v) is 11.1. The molecule has 1 saturated carbocycles. The lowest BCUT2D eigenvalue weighted by Gasteiger charge is -2.47. The summed E-state index contributed by atoms with van der Waals surface area (Å²) in [5, 5.41) is 39.6. The Hall–Kier alpha value is -2.88.